The zero-order valence-corrected chi connectivity index (χ0v) is 10.6. The molecule has 3 nitrogen and oxygen atoms in total. The van der Waals surface area contributed by atoms with Crippen molar-refractivity contribution in [3.63, 3.8) is 0 Å². The molecule has 0 spiro atoms. The summed E-state index contributed by atoms with van der Waals surface area (Å²) in [6.07, 6.45) is 3.67. The maximum Gasteiger partial charge on any atom is 0.317 e. The molecule has 1 atom stereocenters. The molecule has 1 saturated heterocycles. The van der Waals surface area contributed by atoms with Gasteiger partial charge in [-0.15, -0.1) is 0 Å². The van der Waals surface area contributed by atoms with Crippen LogP contribution in [0.25, 0.3) is 0 Å². The maximum absolute atomic E-state index is 11.7. The summed E-state index contributed by atoms with van der Waals surface area (Å²) in [5.74, 6) is 1.15. The first-order chi connectivity index (χ1) is 7.27. The van der Waals surface area contributed by atoms with Gasteiger partial charge >= 0.3 is 6.03 Å². The quantitative estimate of drug-likeness (QED) is 0.807. The minimum Gasteiger partial charge on any atom is -0.338 e. The minimum absolute atomic E-state index is 0.112. The highest BCUT2D eigenvalue weighted by Crippen LogP contribution is 2.21. The van der Waals surface area contributed by atoms with E-state index in [1.165, 1.54) is 12.8 Å². The summed E-state index contributed by atoms with van der Waals surface area (Å²) in [7, 11) is 0. The molecule has 0 bridgehead atoms. The molecule has 0 saturated carbocycles. The van der Waals surface area contributed by atoms with Crippen molar-refractivity contribution in [3.05, 3.63) is 0 Å². The molecule has 1 heterocycles. The number of hydrogen-bond donors (Lipinski definition) is 1. The summed E-state index contributed by atoms with van der Waals surface area (Å²) in [6, 6.07) is 0.112. The van der Waals surface area contributed by atoms with Gasteiger partial charge in [0, 0.05) is 24.9 Å². The van der Waals surface area contributed by atoms with Crippen molar-refractivity contribution < 1.29 is 4.79 Å². The van der Waals surface area contributed by atoms with E-state index in [4.69, 9.17) is 0 Å². The third-order valence-electron chi connectivity index (χ3n) is 2.65. The number of nitrogens with one attached hydrogen (secondary N) is 1. The Morgan fingerprint density at radius 2 is 2.27 bits per heavy atom. The van der Waals surface area contributed by atoms with Crippen LogP contribution in [-0.2, 0) is 0 Å². The summed E-state index contributed by atoms with van der Waals surface area (Å²) in [4.78, 5) is 13.7. The molecule has 2 amide bonds. The SMILES string of the molecule is CCNC(=O)N1CCCCC(SCC)C1. The summed E-state index contributed by atoms with van der Waals surface area (Å²) >= 11 is 1.98. The lowest BCUT2D eigenvalue weighted by Gasteiger charge is -2.24. The molecular formula is C11H22N2OS. The second kappa shape index (κ2) is 6.99. The number of nitrogens with zero attached hydrogens (tertiary/aromatic N) is 1. The van der Waals surface area contributed by atoms with Crippen LogP contribution in [0.1, 0.15) is 33.1 Å². The van der Waals surface area contributed by atoms with Crippen molar-refractivity contribution in [1.82, 2.24) is 10.2 Å². The van der Waals surface area contributed by atoms with Crippen LogP contribution < -0.4 is 5.32 Å². The Morgan fingerprint density at radius 3 is 2.93 bits per heavy atom. The molecule has 15 heavy (non-hydrogen) atoms. The summed E-state index contributed by atoms with van der Waals surface area (Å²) in [5.41, 5.74) is 0. The van der Waals surface area contributed by atoms with Crippen LogP contribution in [0.2, 0.25) is 0 Å². The third kappa shape index (κ3) is 4.33. The molecule has 0 aromatic rings. The Morgan fingerprint density at radius 1 is 1.47 bits per heavy atom. The van der Waals surface area contributed by atoms with E-state index in [1.54, 1.807) is 0 Å². The lowest BCUT2D eigenvalue weighted by Crippen LogP contribution is -2.42. The molecule has 1 aliphatic heterocycles. The summed E-state index contributed by atoms with van der Waals surface area (Å²) < 4.78 is 0. The first-order valence-corrected chi connectivity index (χ1v) is 6.97. The van der Waals surface area contributed by atoms with Gasteiger partial charge in [-0.3, -0.25) is 0 Å². The molecule has 1 N–H and O–H groups in total. The lowest BCUT2D eigenvalue weighted by atomic mass is 10.2. The van der Waals surface area contributed by atoms with Gasteiger partial charge in [-0.2, -0.15) is 11.8 Å². The Kier molecular flexibility index (Phi) is 5.91. The predicted octanol–water partition coefficient (Wildman–Crippen LogP) is 2.32. The molecule has 1 rings (SSSR count). The van der Waals surface area contributed by atoms with Gasteiger partial charge in [-0.05, 0) is 25.5 Å². The summed E-state index contributed by atoms with van der Waals surface area (Å²) in [5, 5.41) is 3.52. The molecule has 4 heteroatoms. The average molecular weight is 230 g/mol. The van der Waals surface area contributed by atoms with Gasteiger partial charge in [-0.25, -0.2) is 4.79 Å². The highest BCUT2D eigenvalue weighted by atomic mass is 32.2. The fraction of sp³-hybridized carbons (Fsp3) is 0.909. The first kappa shape index (κ1) is 12.7. The van der Waals surface area contributed by atoms with Crippen molar-refractivity contribution in [2.45, 2.75) is 38.4 Å². The Bertz CT molecular complexity index is 199. The van der Waals surface area contributed by atoms with Crippen LogP contribution in [0.4, 0.5) is 4.79 Å². The van der Waals surface area contributed by atoms with E-state index in [9.17, 15) is 4.79 Å². The second-order valence-electron chi connectivity index (χ2n) is 3.85. The van der Waals surface area contributed by atoms with Crippen molar-refractivity contribution in [3.8, 4) is 0 Å². The molecule has 1 aliphatic rings. The van der Waals surface area contributed by atoms with Gasteiger partial charge < -0.3 is 10.2 Å². The normalized spacial score (nSPS) is 22.3. The van der Waals surface area contributed by atoms with Crippen LogP contribution in [-0.4, -0.2) is 41.6 Å². The number of hydrogen-bond acceptors (Lipinski definition) is 2. The number of amides is 2. The molecule has 1 fully saturated rings. The summed E-state index contributed by atoms with van der Waals surface area (Å²) in [6.45, 7) is 6.72. The molecule has 1 unspecified atom stereocenters. The van der Waals surface area contributed by atoms with Gasteiger partial charge in [0.25, 0.3) is 0 Å². The van der Waals surface area contributed by atoms with E-state index in [1.807, 2.05) is 23.6 Å². The minimum atomic E-state index is 0.112. The standard InChI is InChI=1S/C11H22N2OS/c1-3-12-11(14)13-8-6-5-7-10(9-13)15-4-2/h10H,3-9H2,1-2H3,(H,12,14). The van der Waals surface area contributed by atoms with E-state index in [0.29, 0.717) is 5.25 Å². The van der Waals surface area contributed by atoms with Gasteiger partial charge in [0.2, 0.25) is 0 Å². The van der Waals surface area contributed by atoms with Crippen molar-refractivity contribution in [1.29, 1.82) is 0 Å². The monoisotopic (exact) mass is 230 g/mol. The van der Waals surface area contributed by atoms with Crippen LogP contribution in [0.3, 0.4) is 0 Å². The van der Waals surface area contributed by atoms with Crippen molar-refractivity contribution in [2.75, 3.05) is 25.4 Å². The Labute approximate surface area is 97.0 Å². The average Bonchev–Trinajstić information content (AvgIpc) is 2.44. The molecule has 0 aromatic carbocycles. The Balaban J connectivity index is 2.44. The fourth-order valence-corrected chi connectivity index (χ4v) is 3.01. The fourth-order valence-electron chi connectivity index (χ4n) is 1.92. The predicted molar refractivity (Wildman–Crippen MR) is 66.4 cm³/mol. The third-order valence-corrected chi connectivity index (χ3v) is 3.84. The van der Waals surface area contributed by atoms with Crippen LogP contribution >= 0.6 is 11.8 Å². The zero-order chi connectivity index (χ0) is 11.1. The van der Waals surface area contributed by atoms with E-state index in [-0.39, 0.29) is 6.03 Å². The van der Waals surface area contributed by atoms with Gasteiger partial charge in [-0.1, -0.05) is 13.3 Å². The number of thioether (sulfide) groups is 1. The van der Waals surface area contributed by atoms with Crippen LogP contribution in [0.5, 0.6) is 0 Å². The maximum atomic E-state index is 11.7. The number of carbonyl (C=O) groups excluding carboxylic acids is 1. The van der Waals surface area contributed by atoms with Crippen LogP contribution in [0, 0.1) is 0 Å². The van der Waals surface area contributed by atoms with E-state index < -0.39 is 0 Å². The molecule has 0 aliphatic carbocycles. The number of urea groups is 1. The van der Waals surface area contributed by atoms with Gasteiger partial charge in [0.05, 0.1) is 0 Å². The molecular weight excluding hydrogens is 208 g/mol. The largest absolute Gasteiger partial charge is 0.338 e. The molecule has 0 aromatic heterocycles. The molecule has 88 valence electrons. The number of carbonyl (C=O) groups is 1. The van der Waals surface area contributed by atoms with Crippen molar-refractivity contribution >= 4 is 17.8 Å². The highest BCUT2D eigenvalue weighted by molar-refractivity contribution is 7.99. The second-order valence-corrected chi connectivity index (χ2v) is 5.43. The van der Waals surface area contributed by atoms with Gasteiger partial charge in [0.15, 0.2) is 0 Å². The number of rotatable bonds is 3. The topological polar surface area (TPSA) is 32.3 Å². The molecule has 0 radical (unpaired) electrons. The first-order valence-electron chi connectivity index (χ1n) is 5.92. The zero-order valence-electron chi connectivity index (χ0n) is 9.79. The van der Waals surface area contributed by atoms with E-state index in [0.717, 1.165) is 31.8 Å². The Hall–Kier alpha value is -0.380. The smallest absolute Gasteiger partial charge is 0.317 e. The van der Waals surface area contributed by atoms with E-state index >= 15 is 0 Å². The van der Waals surface area contributed by atoms with Gasteiger partial charge in [0.1, 0.15) is 0 Å². The van der Waals surface area contributed by atoms with Crippen molar-refractivity contribution in [2.24, 2.45) is 0 Å². The lowest BCUT2D eigenvalue weighted by molar-refractivity contribution is 0.201. The van der Waals surface area contributed by atoms with Crippen LogP contribution in [0.15, 0.2) is 0 Å². The highest BCUT2D eigenvalue weighted by Gasteiger charge is 2.21. The number of likely N-dealkylation sites (tertiary alicyclic amines) is 1. The van der Waals surface area contributed by atoms with E-state index in [2.05, 4.69) is 12.2 Å².